The topological polar surface area (TPSA) is 49.4 Å². The molecule has 0 aromatic heterocycles. The SMILES string of the molecule is Cc1cccc(C(=O)NN(C(=O)c2cc(Cl)cc(Cl)c2)C(C)(C)C)c1C. The molecular formula is C20H22Cl2N2O2. The van der Waals surface area contributed by atoms with E-state index >= 15 is 0 Å². The van der Waals surface area contributed by atoms with Crippen LogP contribution < -0.4 is 5.43 Å². The molecule has 0 heterocycles. The monoisotopic (exact) mass is 392 g/mol. The van der Waals surface area contributed by atoms with Crippen LogP contribution in [0, 0.1) is 13.8 Å². The van der Waals surface area contributed by atoms with Gasteiger partial charge in [-0.05, 0) is 70.0 Å². The maximum absolute atomic E-state index is 13.0. The van der Waals surface area contributed by atoms with Crippen molar-refractivity contribution in [2.75, 3.05) is 0 Å². The third-order valence-corrected chi connectivity index (χ3v) is 4.48. The lowest BCUT2D eigenvalue weighted by atomic mass is 10.0. The highest BCUT2D eigenvalue weighted by Crippen LogP contribution is 2.23. The molecule has 0 aliphatic heterocycles. The average Bonchev–Trinajstić information content (AvgIpc) is 2.52. The van der Waals surface area contributed by atoms with Gasteiger partial charge in [0.1, 0.15) is 0 Å². The smallest absolute Gasteiger partial charge is 0.267 e. The fourth-order valence-electron chi connectivity index (χ4n) is 2.49. The van der Waals surface area contributed by atoms with Crippen molar-refractivity contribution >= 4 is 35.0 Å². The first-order valence-corrected chi connectivity index (χ1v) is 8.94. The summed E-state index contributed by atoms with van der Waals surface area (Å²) in [6.45, 7) is 9.32. The van der Waals surface area contributed by atoms with Crippen molar-refractivity contribution in [3.63, 3.8) is 0 Å². The van der Waals surface area contributed by atoms with Gasteiger partial charge >= 0.3 is 0 Å². The minimum atomic E-state index is -0.654. The first-order chi connectivity index (χ1) is 12.0. The van der Waals surface area contributed by atoms with Gasteiger partial charge in [0, 0.05) is 21.2 Å². The van der Waals surface area contributed by atoms with E-state index in [0.717, 1.165) is 11.1 Å². The summed E-state index contributed by atoms with van der Waals surface area (Å²) in [6, 6.07) is 10.1. The summed E-state index contributed by atoms with van der Waals surface area (Å²) in [6.07, 6.45) is 0. The van der Waals surface area contributed by atoms with Gasteiger partial charge in [-0.3, -0.25) is 15.0 Å². The molecule has 0 atom stereocenters. The van der Waals surface area contributed by atoms with E-state index in [1.807, 2.05) is 46.8 Å². The van der Waals surface area contributed by atoms with E-state index in [0.29, 0.717) is 21.2 Å². The molecule has 0 aliphatic carbocycles. The van der Waals surface area contributed by atoms with Gasteiger partial charge in [-0.15, -0.1) is 0 Å². The summed E-state index contributed by atoms with van der Waals surface area (Å²) in [5.41, 5.74) is 4.79. The predicted molar refractivity (Wildman–Crippen MR) is 106 cm³/mol. The molecule has 2 rings (SSSR count). The van der Waals surface area contributed by atoms with E-state index in [-0.39, 0.29) is 11.8 Å². The van der Waals surface area contributed by atoms with Crippen LogP contribution in [-0.2, 0) is 0 Å². The number of rotatable bonds is 2. The number of hydrogen-bond acceptors (Lipinski definition) is 2. The second kappa shape index (κ2) is 7.68. The molecule has 2 amide bonds. The number of carbonyl (C=O) groups excluding carboxylic acids is 2. The molecular weight excluding hydrogens is 371 g/mol. The van der Waals surface area contributed by atoms with Crippen LogP contribution in [0.3, 0.4) is 0 Å². The number of nitrogens with zero attached hydrogens (tertiary/aromatic N) is 1. The molecule has 0 saturated heterocycles. The highest BCUT2D eigenvalue weighted by Gasteiger charge is 2.30. The Hall–Kier alpha value is -2.04. The van der Waals surface area contributed by atoms with Crippen LogP contribution in [0.1, 0.15) is 52.6 Å². The number of hydrazine groups is 1. The molecule has 0 spiro atoms. The zero-order valence-corrected chi connectivity index (χ0v) is 17.0. The van der Waals surface area contributed by atoms with E-state index < -0.39 is 5.54 Å². The maximum Gasteiger partial charge on any atom is 0.272 e. The molecule has 4 nitrogen and oxygen atoms in total. The number of hydrogen-bond donors (Lipinski definition) is 1. The van der Waals surface area contributed by atoms with Gasteiger partial charge < -0.3 is 0 Å². The van der Waals surface area contributed by atoms with Crippen LogP contribution in [0.25, 0.3) is 0 Å². The molecule has 0 bridgehead atoms. The molecule has 2 aromatic carbocycles. The Balaban J connectivity index is 2.38. The first kappa shape index (κ1) is 20.3. The van der Waals surface area contributed by atoms with Crippen LogP contribution in [-0.4, -0.2) is 22.4 Å². The number of benzene rings is 2. The van der Waals surface area contributed by atoms with Crippen molar-refractivity contribution in [2.24, 2.45) is 0 Å². The Labute approximate surface area is 164 Å². The molecule has 0 saturated carbocycles. The van der Waals surface area contributed by atoms with Crippen molar-refractivity contribution in [3.8, 4) is 0 Å². The molecule has 26 heavy (non-hydrogen) atoms. The third-order valence-electron chi connectivity index (χ3n) is 4.05. The fourth-order valence-corrected chi connectivity index (χ4v) is 3.01. The molecule has 1 N–H and O–H groups in total. The Bertz CT molecular complexity index is 837. The normalized spacial score (nSPS) is 11.2. The van der Waals surface area contributed by atoms with Crippen LogP contribution in [0.5, 0.6) is 0 Å². The van der Waals surface area contributed by atoms with Gasteiger partial charge in [-0.1, -0.05) is 35.3 Å². The highest BCUT2D eigenvalue weighted by atomic mass is 35.5. The summed E-state index contributed by atoms with van der Waals surface area (Å²) in [7, 11) is 0. The minimum Gasteiger partial charge on any atom is -0.267 e. The van der Waals surface area contributed by atoms with Crippen molar-refractivity contribution in [1.29, 1.82) is 0 Å². The van der Waals surface area contributed by atoms with E-state index in [9.17, 15) is 9.59 Å². The molecule has 0 aliphatic rings. The second-order valence-corrected chi connectivity index (χ2v) is 8.03. The van der Waals surface area contributed by atoms with Crippen LogP contribution in [0.15, 0.2) is 36.4 Å². The van der Waals surface area contributed by atoms with Crippen molar-refractivity contribution in [1.82, 2.24) is 10.4 Å². The summed E-state index contributed by atoms with van der Waals surface area (Å²) >= 11 is 12.0. The number of nitrogens with one attached hydrogen (secondary N) is 1. The van der Waals surface area contributed by atoms with Crippen molar-refractivity contribution in [3.05, 3.63) is 68.7 Å². The molecule has 0 fully saturated rings. The Morgan fingerprint density at radius 3 is 2.12 bits per heavy atom. The Kier molecular flexibility index (Phi) is 5.99. The summed E-state index contributed by atoms with van der Waals surface area (Å²) in [4.78, 5) is 25.8. The number of carbonyl (C=O) groups is 2. The van der Waals surface area contributed by atoms with Gasteiger partial charge in [0.05, 0.1) is 5.54 Å². The van der Waals surface area contributed by atoms with Gasteiger partial charge in [0.15, 0.2) is 0 Å². The largest absolute Gasteiger partial charge is 0.272 e. The van der Waals surface area contributed by atoms with Gasteiger partial charge in [0.2, 0.25) is 0 Å². The fraction of sp³-hybridized carbons (Fsp3) is 0.300. The van der Waals surface area contributed by atoms with Crippen LogP contribution in [0.2, 0.25) is 10.0 Å². The zero-order chi connectivity index (χ0) is 19.6. The summed E-state index contributed by atoms with van der Waals surface area (Å²) < 4.78 is 0. The molecule has 138 valence electrons. The lowest BCUT2D eigenvalue weighted by Gasteiger charge is -2.35. The summed E-state index contributed by atoms with van der Waals surface area (Å²) in [5, 5.41) is 2.02. The van der Waals surface area contributed by atoms with Gasteiger partial charge in [0.25, 0.3) is 11.8 Å². The predicted octanol–water partition coefficient (Wildman–Crippen LogP) is 5.20. The van der Waals surface area contributed by atoms with E-state index in [2.05, 4.69) is 5.43 Å². The van der Waals surface area contributed by atoms with Gasteiger partial charge in [-0.2, -0.15) is 0 Å². The van der Waals surface area contributed by atoms with Gasteiger partial charge in [-0.25, -0.2) is 5.01 Å². The summed E-state index contributed by atoms with van der Waals surface area (Å²) in [5.74, 6) is -0.733. The number of aryl methyl sites for hydroxylation is 1. The van der Waals surface area contributed by atoms with Crippen LogP contribution in [0.4, 0.5) is 0 Å². The van der Waals surface area contributed by atoms with Crippen LogP contribution >= 0.6 is 23.2 Å². The lowest BCUT2D eigenvalue weighted by molar-refractivity contribution is 0.0358. The Morgan fingerprint density at radius 2 is 1.58 bits per heavy atom. The van der Waals surface area contributed by atoms with E-state index in [4.69, 9.17) is 23.2 Å². The first-order valence-electron chi connectivity index (χ1n) is 8.18. The second-order valence-electron chi connectivity index (χ2n) is 7.16. The third kappa shape index (κ3) is 4.57. The lowest BCUT2D eigenvalue weighted by Crippen LogP contribution is -2.56. The number of halogens is 2. The maximum atomic E-state index is 13.0. The molecule has 0 radical (unpaired) electrons. The quantitative estimate of drug-likeness (QED) is 0.714. The highest BCUT2D eigenvalue weighted by molar-refractivity contribution is 6.35. The average molecular weight is 393 g/mol. The molecule has 0 unspecified atom stereocenters. The Morgan fingerprint density at radius 1 is 1.00 bits per heavy atom. The van der Waals surface area contributed by atoms with E-state index in [1.54, 1.807) is 12.1 Å². The standard InChI is InChI=1S/C20H22Cl2N2O2/c1-12-7-6-8-17(13(12)2)18(25)23-24(20(3,4)5)19(26)14-9-15(21)11-16(22)10-14/h6-11H,1-5H3,(H,23,25). The minimum absolute atomic E-state index is 0.304. The number of amides is 2. The molecule has 6 heteroatoms. The van der Waals surface area contributed by atoms with Crippen molar-refractivity contribution < 1.29 is 9.59 Å². The van der Waals surface area contributed by atoms with E-state index in [1.165, 1.54) is 17.1 Å². The molecule has 2 aromatic rings. The van der Waals surface area contributed by atoms with Crippen molar-refractivity contribution in [2.45, 2.75) is 40.2 Å². The zero-order valence-electron chi connectivity index (χ0n) is 15.5.